The van der Waals surface area contributed by atoms with Gasteiger partial charge in [-0.3, -0.25) is 14.2 Å². The summed E-state index contributed by atoms with van der Waals surface area (Å²) in [5, 5.41) is 11.3. The maximum absolute atomic E-state index is 12.0. The van der Waals surface area contributed by atoms with Gasteiger partial charge in [-0.2, -0.15) is 10.2 Å². The summed E-state index contributed by atoms with van der Waals surface area (Å²) < 4.78 is 3.64. The van der Waals surface area contributed by atoms with Gasteiger partial charge in [0.2, 0.25) is 5.91 Å². The molecule has 7 nitrogen and oxygen atoms in total. The monoisotopic (exact) mass is 290 g/mol. The molecule has 114 valence electrons. The number of rotatable bonds is 7. The van der Waals surface area contributed by atoms with Crippen LogP contribution in [0.5, 0.6) is 0 Å². The van der Waals surface area contributed by atoms with Crippen molar-refractivity contribution >= 4 is 5.91 Å². The van der Waals surface area contributed by atoms with Crippen LogP contribution >= 0.6 is 0 Å². The van der Waals surface area contributed by atoms with E-state index in [0.29, 0.717) is 13.1 Å². The minimum atomic E-state index is -0.0970. The van der Waals surface area contributed by atoms with Crippen LogP contribution in [0.15, 0.2) is 18.5 Å². The average Bonchev–Trinajstić information content (AvgIpc) is 3.04. The van der Waals surface area contributed by atoms with Crippen LogP contribution < -0.4 is 5.32 Å². The van der Waals surface area contributed by atoms with Crippen molar-refractivity contribution in [2.75, 3.05) is 6.54 Å². The fourth-order valence-electron chi connectivity index (χ4n) is 2.16. The number of hydrogen-bond donors (Lipinski definition) is 1. The van der Waals surface area contributed by atoms with Gasteiger partial charge in [-0.15, -0.1) is 0 Å². The summed E-state index contributed by atoms with van der Waals surface area (Å²) >= 11 is 0. The van der Waals surface area contributed by atoms with Crippen molar-refractivity contribution in [1.82, 2.24) is 29.9 Å². The zero-order valence-electron chi connectivity index (χ0n) is 12.8. The van der Waals surface area contributed by atoms with Crippen LogP contribution in [0.25, 0.3) is 0 Å². The Labute approximate surface area is 124 Å². The second kappa shape index (κ2) is 7.01. The molecule has 0 spiro atoms. The van der Waals surface area contributed by atoms with Gasteiger partial charge in [-0.1, -0.05) is 6.92 Å². The number of carbonyl (C=O) groups excluding carboxylic acids is 1. The number of aromatic nitrogens is 5. The molecule has 21 heavy (non-hydrogen) atoms. The summed E-state index contributed by atoms with van der Waals surface area (Å²) in [6.07, 6.45) is 4.41. The maximum atomic E-state index is 12.0. The summed E-state index contributed by atoms with van der Waals surface area (Å²) in [4.78, 5) is 16.2. The quantitative estimate of drug-likeness (QED) is 0.770. The van der Waals surface area contributed by atoms with E-state index in [2.05, 4.69) is 20.5 Å². The summed E-state index contributed by atoms with van der Waals surface area (Å²) in [7, 11) is 0. The molecule has 0 saturated carbocycles. The van der Waals surface area contributed by atoms with Crippen molar-refractivity contribution in [3.05, 3.63) is 30.1 Å². The molecule has 2 aromatic heterocycles. The van der Waals surface area contributed by atoms with E-state index in [4.69, 9.17) is 0 Å². The highest BCUT2D eigenvalue weighted by molar-refractivity contribution is 5.78. The van der Waals surface area contributed by atoms with E-state index in [1.54, 1.807) is 10.9 Å². The fraction of sp³-hybridized carbons (Fsp3) is 0.571. The molecule has 1 atom stereocenters. The summed E-state index contributed by atoms with van der Waals surface area (Å²) in [6, 6.07) is 1.85. The van der Waals surface area contributed by atoms with Gasteiger partial charge in [0, 0.05) is 25.5 Å². The molecule has 2 aromatic rings. The summed E-state index contributed by atoms with van der Waals surface area (Å²) in [6.45, 7) is 7.72. The first-order valence-electron chi connectivity index (χ1n) is 7.19. The average molecular weight is 290 g/mol. The van der Waals surface area contributed by atoms with Gasteiger partial charge < -0.3 is 5.32 Å². The number of amides is 1. The standard InChI is InChI=1S/C14H22N6O/c1-11(10-19-8-5-7-16-19)14(21)15-6-4-9-20-13(3)17-12(2)18-20/h5,7-8,11H,4,6,9-10H2,1-3H3,(H,15,21). The van der Waals surface area contributed by atoms with E-state index in [1.807, 2.05) is 37.7 Å². The maximum Gasteiger partial charge on any atom is 0.224 e. The van der Waals surface area contributed by atoms with E-state index < -0.39 is 0 Å². The normalized spacial score (nSPS) is 12.3. The molecule has 0 bridgehead atoms. The van der Waals surface area contributed by atoms with Crippen LogP contribution in [0.2, 0.25) is 0 Å². The van der Waals surface area contributed by atoms with E-state index in [9.17, 15) is 4.79 Å². The third kappa shape index (κ3) is 4.40. The van der Waals surface area contributed by atoms with Gasteiger partial charge in [0.1, 0.15) is 11.6 Å². The first-order chi connectivity index (χ1) is 10.1. The molecular formula is C14H22N6O. The third-order valence-electron chi connectivity index (χ3n) is 3.28. The largest absolute Gasteiger partial charge is 0.356 e. The van der Waals surface area contributed by atoms with E-state index >= 15 is 0 Å². The second-order valence-corrected chi connectivity index (χ2v) is 5.20. The molecule has 2 heterocycles. The predicted octanol–water partition coefficient (Wildman–Crippen LogP) is 0.934. The Balaban J connectivity index is 1.68. The topological polar surface area (TPSA) is 77.6 Å². The first-order valence-corrected chi connectivity index (χ1v) is 7.19. The Morgan fingerprint density at radius 2 is 2.24 bits per heavy atom. The highest BCUT2D eigenvalue weighted by atomic mass is 16.1. The van der Waals surface area contributed by atoms with Crippen LogP contribution in [-0.4, -0.2) is 37.0 Å². The third-order valence-corrected chi connectivity index (χ3v) is 3.28. The smallest absolute Gasteiger partial charge is 0.224 e. The lowest BCUT2D eigenvalue weighted by Crippen LogP contribution is -2.32. The molecular weight excluding hydrogens is 268 g/mol. The lowest BCUT2D eigenvalue weighted by molar-refractivity contribution is -0.124. The van der Waals surface area contributed by atoms with Crippen LogP contribution in [0, 0.1) is 19.8 Å². The van der Waals surface area contributed by atoms with Gasteiger partial charge >= 0.3 is 0 Å². The Bertz CT molecular complexity index is 574. The molecule has 0 saturated heterocycles. The molecule has 1 amide bonds. The molecule has 0 radical (unpaired) electrons. The van der Waals surface area contributed by atoms with Crippen molar-refractivity contribution in [3.8, 4) is 0 Å². The highest BCUT2D eigenvalue weighted by Gasteiger charge is 2.13. The summed E-state index contributed by atoms with van der Waals surface area (Å²) in [5.74, 6) is 1.65. The number of carbonyl (C=O) groups is 1. The van der Waals surface area contributed by atoms with Crippen LogP contribution in [0.3, 0.4) is 0 Å². The molecule has 7 heteroatoms. The lowest BCUT2D eigenvalue weighted by atomic mass is 10.1. The summed E-state index contributed by atoms with van der Waals surface area (Å²) in [5.41, 5.74) is 0. The van der Waals surface area contributed by atoms with Crippen LogP contribution in [-0.2, 0) is 17.9 Å². The van der Waals surface area contributed by atoms with Gasteiger partial charge in [0.25, 0.3) is 0 Å². The minimum Gasteiger partial charge on any atom is -0.356 e. The van der Waals surface area contributed by atoms with Gasteiger partial charge in [-0.25, -0.2) is 4.98 Å². The Morgan fingerprint density at radius 3 is 2.86 bits per heavy atom. The van der Waals surface area contributed by atoms with Crippen molar-refractivity contribution in [3.63, 3.8) is 0 Å². The van der Waals surface area contributed by atoms with E-state index in [1.165, 1.54) is 0 Å². The molecule has 1 unspecified atom stereocenters. The Hall–Kier alpha value is -2.18. The zero-order chi connectivity index (χ0) is 15.2. The number of hydrogen-bond acceptors (Lipinski definition) is 4. The Morgan fingerprint density at radius 1 is 1.43 bits per heavy atom. The van der Waals surface area contributed by atoms with E-state index in [0.717, 1.165) is 24.6 Å². The molecule has 0 aliphatic heterocycles. The van der Waals surface area contributed by atoms with Crippen molar-refractivity contribution < 1.29 is 4.79 Å². The van der Waals surface area contributed by atoms with Crippen LogP contribution in [0.4, 0.5) is 0 Å². The number of nitrogens with zero attached hydrogens (tertiary/aromatic N) is 5. The number of aryl methyl sites for hydroxylation is 3. The van der Waals surface area contributed by atoms with Crippen LogP contribution in [0.1, 0.15) is 25.0 Å². The molecule has 0 aliphatic rings. The highest BCUT2D eigenvalue weighted by Crippen LogP contribution is 2.00. The molecule has 2 rings (SSSR count). The number of nitrogens with one attached hydrogen (secondary N) is 1. The molecule has 0 fully saturated rings. The predicted molar refractivity (Wildman–Crippen MR) is 78.5 cm³/mol. The molecule has 0 aliphatic carbocycles. The Kier molecular flexibility index (Phi) is 5.08. The molecule has 1 N–H and O–H groups in total. The lowest BCUT2D eigenvalue weighted by Gasteiger charge is -2.12. The van der Waals surface area contributed by atoms with Crippen molar-refractivity contribution in [1.29, 1.82) is 0 Å². The van der Waals surface area contributed by atoms with E-state index in [-0.39, 0.29) is 11.8 Å². The fourth-order valence-corrected chi connectivity index (χ4v) is 2.16. The molecule has 0 aromatic carbocycles. The first kappa shape index (κ1) is 15.2. The van der Waals surface area contributed by atoms with Crippen molar-refractivity contribution in [2.45, 2.75) is 40.3 Å². The SMILES string of the molecule is Cc1nc(C)n(CCCNC(=O)C(C)Cn2cccn2)n1. The van der Waals surface area contributed by atoms with Gasteiger partial charge in [0.15, 0.2) is 0 Å². The van der Waals surface area contributed by atoms with Gasteiger partial charge in [0.05, 0.1) is 12.5 Å². The van der Waals surface area contributed by atoms with Crippen molar-refractivity contribution in [2.24, 2.45) is 5.92 Å². The second-order valence-electron chi connectivity index (χ2n) is 5.20. The zero-order valence-corrected chi connectivity index (χ0v) is 12.8. The minimum absolute atomic E-state index is 0.0528. The van der Waals surface area contributed by atoms with Gasteiger partial charge in [-0.05, 0) is 26.3 Å².